The number of nitrogens with two attached hydrogens (primary N) is 1. The van der Waals surface area contributed by atoms with Crippen molar-refractivity contribution in [1.29, 1.82) is 0 Å². The Morgan fingerprint density at radius 1 is 1.71 bits per heavy atom. The van der Waals surface area contributed by atoms with Gasteiger partial charge in [0.2, 0.25) is 5.91 Å². The lowest BCUT2D eigenvalue weighted by Gasteiger charge is -2.09. The highest BCUT2D eigenvalue weighted by molar-refractivity contribution is 7.10. The molecule has 0 aliphatic rings. The highest BCUT2D eigenvalue weighted by Crippen LogP contribution is 2.14. The molecule has 1 heterocycles. The molecule has 14 heavy (non-hydrogen) atoms. The minimum absolute atomic E-state index is 0.351. The third-order valence-corrected chi connectivity index (χ3v) is 3.11. The van der Waals surface area contributed by atoms with E-state index < -0.39 is 0 Å². The summed E-state index contributed by atoms with van der Waals surface area (Å²) >= 11 is 1.57. The van der Waals surface area contributed by atoms with Crippen LogP contribution in [-0.4, -0.2) is 11.9 Å². The Morgan fingerprint density at radius 3 is 2.93 bits per heavy atom. The Balaban J connectivity index is 2.48. The Bertz CT molecular complexity index is 309. The smallest absolute Gasteiger partial charge is 0.249 e. The molecule has 0 radical (unpaired) electrons. The van der Waals surface area contributed by atoms with E-state index in [1.54, 1.807) is 16.7 Å². The number of rotatable bonds is 5. The molecule has 4 heteroatoms. The number of hydrogen-bond donors (Lipinski definition) is 2. The Hall–Kier alpha value is -0.870. The van der Waals surface area contributed by atoms with Crippen LogP contribution in [0.5, 0.6) is 0 Å². The molecule has 0 aliphatic heterocycles. The fraction of sp³-hybridized carbons (Fsp3) is 0.500. The van der Waals surface area contributed by atoms with Crippen molar-refractivity contribution in [2.45, 2.75) is 32.9 Å². The molecule has 0 spiro atoms. The van der Waals surface area contributed by atoms with Gasteiger partial charge in [-0.15, -0.1) is 11.3 Å². The number of carbonyl (C=O) groups is 1. The summed E-state index contributed by atoms with van der Waals surface area (Å²) in [5.74, 6) is -0.351. The van der Waals surface area contributed by atoms with Crippen molar-refractivity contribution >= 4 is 17.2 Å². The van der Waals surface area contributed by atoms with Crippen molar-refractivity contribution in [2.24, 2.45) is 5.73 Å². The zero-order valence-electron chi connectivity index (χ0n) is 8.54. The van der Waals surface area contributed by atoms with Crippen molar-refractivity contribution in [3.05, 3.63) is 21.9 Å². The first kappa shape index (κ1) is 11.2. The van der Waals surface area contributed by atoms with Gasteiger partial charge in [0.25, 0.3) is 0 Å². The van der Waals surface area contributed by atoms with Crippen LogP contribution in [0.1, 0.15) is 35.5 Å². The average molecular weight is 212 g/mol. The van der Waals surface area contributed by atoms with Gasteiger partial charge < -0.3 is 11.1 Å². The van der Waals surface area contributed by atoms with Crippen LogP contribution in [0, 0.1) is 0 Å². The molecule has 0 aliphatic carbocycles. The molecular formula is C10H16N2OS. The summed E-state index contributed by atoms with van der Waals surface area (Å²) in [7, 11) is 0. The highest BCUT2D eigenvalue weighted by Gasteiger charge is 2.05. The molecule has 78 valence electrons. The molecule has 1 amide bonds. The summed E-state index contributed by atoms with van der Waals surface area (Å²) in [4.78, 5) is 12.0. The molecule has 3 nitrogen and oxygen atoms in total. The normalized spacial score (nSPS) is 12.7. The van der Waals surface area contributed by atoms with Gasteiger partial charge in [0.1, 0.15) is 0 Å². The van der Waals surface area contributed by atoms with Gasteiger partial charge in [-0.3, -0.25) is 4.79 Å². The standard InChI is InChI=1S/C10H16N2OS/c1-3-7(2)12-5-9-4-8(6-14-9)10(11)13/h4,6-7,12H,3,5H2,1-2H3,(H2,11,13). The van der Waals surface area contributed by atoms with Crippen molar-refractivity contribution in [3.63, 3.8) is 0 Å². The Kier molecular flexibility index (Phi) is 4.10. The van der Waals surface area contributed by atoms with Gasteiger partial charge >= 0.3 is 0 Å². The molecule has 0 saturated heterocycles. The molecular weight excluding hydrogens is 196 g/mol. The second-order valence-electron chi connectivity index (χ2n) is 3.36. The van der Waals surface area contributed by atoms with Gasteiger partial charge in [-0.25, -0.2) is 0 Å². The second kappa shape index (κ2) is 5.12. The van der Waals surface area contributed by atoms with Crippen molar-refractivity contribution < 1.29 is 4.79 Å². The van der Waals surface area contributed by atoms with Crippen LogP contribution >= 0.6 is 11.3 Å². The molecule has 0 saturated carbocycles. The fourth-order valence-corrected chi connectivity index (χ4v) is 1.85. The first-order chi connectivity index (χ1) is 6.63. The lowest BCUT2D eigenvalue weighted by atomic mass is 10.2. The van der Waals surface area contributed by atoms with Crippen LogP contribution in [0.3, 0.4) is 0 Å². The minimum Gasteiger partial charge on any atom is -0.366 e. The quantitative estimate of drug-likeness (QED) is 0.781. The van der Waals surface area contributed by atoms with Gasteiger partial charge in [0, 0.05) is 22.8 Å². The molecule has 0 fully saturated rings. The van der Waals surface area contributed by atoms with E-state index in [2.05, 4.69) is 19.2 Å². The Morgan fingerprint density at radius 2 is 2.43 bits per heavy atom. The van der Waals surface area contributed by atoms with Crippen molar-refractivity contribution in [2.75, 3.05) is 0 Å². The van der Waals surface area contributed by atoms with Gasteiger partial charge in [-0.05, 0) is 19.4 Å². The van der Waals surface area contributed by atoms with Crippen LogP contribution in [0.25, 0.3) is 0 Å². The molecule has 1 aromatic rings. The second-order valence-corrected chi connectivity index (χ2v) is 4.35. The summed E-state index contributed by atoms with van der Waals surface area (Å²) in [5.41, 5.74) is 5.76. The summed E-state index contributed by atoms with van der Waals surface area (Å²) < 4.78 is 0. The Labute approximate surface area is 88.3 Å². The number of primary amides is 1. The number of amides is 1. The van der Waals surface area contributed by atoms with Crippen LogP contribution in [0.4, 0.5) is 0 Å². The van der Waals surface area contributed by atoms with Gasteiger partial charge in [0.15, 0.2) is 0 Å². The predicted molar refractivity (Wildman–Crippen MR) is 59.4 cm³/mol. The van der Waals surface area contributed by atoms with Crippen molar-refractivity contribution in [3.8, 4) is 0 Å². The molecule has 1 aromatic heterocycles. The zero-order valence-corrected chi connectivity index (χ0v) is 9.36. The molecule has 3 N–H and O–H groups in total. The molecule has 0 aromatic carbocycles. The van der Waals surface area contributed by atoms with Gasteiger partial charge in [-0.1, -0.05) is 6.92 Å². The third-order valence-electron chi connectivity index (χ3n) is 2.18. The summed E-state index contributed by atoms with van der Waals surface area (Å²) in [6.07, 6.45) is 1.11. The number of nitrogens with one attached hydrogen (secondary N) is 1. The molecule has 1 rings (SSSR count). The number of hydrogen-bond acceptors (Lipinski definition) is 3. The first-order valence-corrected chi connectivity index (χ1v) is 5.62. The van der Waals surface area contributed by atoms with Gasteiger partial charge in [-0.2, -0.15) is 0 Å². The zero-order chi connectivity index (χ0) is 10.6. The number of thiophene rings is 1. The van der Waals surface area contributed by atoms with E-state index in [9.17, 15) is 4.79 Å². The maximum absolute atomic E-state index is 10.8. The van der Waals surface area contributed by atoms with E-state index in [0.29, 0.717) is 11.6 Å². The summed E-state index contributed by atoms with van der Waals surface area (Å²) in [5, 5.41) is 5.16. The maximum Gasteiger partial charge on any atom is 0.249 e. The first-order valence-electron chi connectivity index (χ1n) is 4.74. The minimum atomic E-state index is -0.351. The third kappa shape index (κ3) is 3.12. The predicted octanol–water partition coefficient (Wildman–Crippen LogP) is 1.74. The molecule has 1 unspecified atom stereocenters. The van der Waals surface area contributed by atoms with E-state index in [4.69, 9.17) is 5.73 Å². The van der Waals surface area contributed by atoms with E-state index in [0.717, 1.165) is 17.8 Å². The highest BCUT2D eigenvalue weighted by atomic mass is 32.1. The molecule has 1 atom stereocenters. The summed E-state index contributed by atoms with van der Waals surface area (Å²) in [6.45, 7) is 5.09. The fourth-order valence-electron chi connectivity index (χ4n) is 1.02. The lowest BCUT2D eigenvalue weighted by molar-refractivity contribution is 0.100. The van der Waals surface area contributed by atoms with E-state index in [1.165, 1.54) is 0 Å². The van der Waals surface area contributed by atoms with Crippen LogP contribution in [-0.2, 0) is 6.54 Å². The van der Waals surface area contributed by atoms with Crippen LogP contribution in [0.2, 0.25) is 0 Å². The van der Waals surface area contributed by atoms with E-state index in [1.807, 2.05) is 6.07 Å². The molecule has 0 bridgehead atoms. The van der Waals surface area contributed by atoms with E-state index in [-0.39, 0.29) is 5.91 Å². The lowest BCUT2D eigenvalue weighted by Crippen LogP contribution is -2.23. The topological polar surface area (TPSA) is 55.1 Å². The van der Waals surface area contributed by atoms with Crippen molar-refractivity contribution in [1.82, 2.24) is 5.32 Å². The van der Waals surface area contributed by atoms with Gasteiger partial charge in [0.05, 0.1) is 5.56 Å². The SMILES string of the molecule is CCC(C)NCc1cc(C(N)=O)cs1. The maximum atomic E-state index is 10.8. The largest absolute Gasteiger partial charge is 0.366 e. The number of carbonyl (C=O) groups excluding carboxylic acids is 1. The monoisotopic (exact) mass is 212 g/mol. The van der Waals surface area contributed by atoms with Crippen LogP contribution in [0.15, 0.2) is 11.4 Å². The summed E-state index contributed by atoms with van der Waals surface area (Å²) in [6, 6.07) is 2.36. The van der Waals surface area contributed by atoms with E-state index >= 15 is 0 Å². The van der Waals surface area contributed by atoms with Crippen LogP contribution < -0.4 is 11.1 Å². The average Bonchev–Trinajstić information content (AvgIpc) is 2.62.